The van der Waals surface area contributed by atoms with Gasteiger partial charge in [-0.3, -0.25) is 4.68 Å². The third-order valence-electron chi connectivity index (χ3n) is 2.48. The van der Waals surface area contributed by atoms with E-state index in [9.17, 15) is 0 Å². The molecule has 0 saturated heterocycles. The predicted molar refractivity (Wildman–Crippen MR) is 78.2 cm³/mol. The number of halogens is 2. The van der Waals surface area contributed by atoms with Gasteiger partial charge in [-0.05, 0) is 50.9 Å². The van der Waals surface area contributed by atoms with Crippen LogP contribution in [0.3, 0.4) is 0 Å². The number of aryl methyl sites for hydroxylation is 2. The summed E-state index contributed by atoms with van der Waals surface area (Å²) >= 11 is 8.78. The van der Waals surface area contributed by atoms with Crippen molar-refractivity contribution in [1.82, 2.24) is 15.1 Å². The maximum atomic E-state index is 4.37. The van der Waals surface area contributed by atoms with Gasteiger partial charge in [0, 0.05) is 25.0 Å². The molecule has 0 atom stereocenters. The molecule has 2 heterocycles. The summed E-state index contributed by atoms with van der Waals surface area (Å²) in [6.07, 6.45) is 0. The van der Waals surface area contributed by atoms with Crippen molar-refractivity contribution < 1.29 is 0 Å². The van der Waals surface area contributed by atoms with Crippen LogP contribution in [0.1, 0.15) is 16.3 Å². The Balaban J connectivity index is 1.94. The summed E-state index contributed by atoms with van der Waals surface area (Å²) in [5.74, 6) is 0. The summed E-state index contributed by atoms with van der Waals surface area (Å²) in [5.41, 5.74) is 2.21. The molecule has 0 saturated carbocycles. The number of hydrogen-bond acceptors (Lipinski definition) is 3. The van der Waals surface area contributed by atoms with Crippen LogP contribution >= 0.6 is 43.2 Å². The minimum Gasteiger partial charge on any atom is -0.306 e. The Morgan fingerprint density at radius 1 is 1.35 bits per heavy atom. The Morgan fingerprint density at radius 3 is 2.65 bits per heavy atom. The highest BCUT2D eigenvalue weighted by molar-refractivity contribution is 9.11. The molecule has 2 aromatic heterocycles. The number of hydrogen-bond donors (Lipinski definition) is 1. The Hall–Kier alpha value is -0.170. The molecular weight excluding hydrogens is 366 g/mol. The second kappa shape index (κ2) is 5.65. The Morgan fingerprint density at radius 2 is 2.12 bits per heavy atom. The molecule has 0 radical (unpaired) electrons. The molecule has 17 heavy (non-hydrogen) atoms. The van der Waals surface area contributed by atoms with Crippen molar-refractivity contribution in [2.75, 3.05) is 0 Å². The van der Waals surface area contributed by atoms with Gasteiger partial charge in [0.15, 0.2) is 0 Å². The van der Waals surface area contributed by atoms with E-state index in [0.717, 1.165) is 23.3 Å². The fourth-order valence-corrected chi connectivity index (χ4v) is 3.55. The molecule has 0 aliphatic rings. The molecule has 2 rings (SSSR count). The van der Waals surface area contributed by atoms with Crippen LogP contribution in [0.15, 0.2) is 20.4 Å². The second-order valence-corrected chi connectivity index (χ2v) is 7.12. The van der Waals surface area contributed by atoms with Crippen LogP contribution in [0.25, 0.3) is 0 Å². The number of aromatic nitrogens is 2. The fourth-order valence-electron chi connectivity index (χ4n) is 1.62. The molecule has 0 fully saturated rings. The van der Waals surface area contributed by atoms with Gasteiger partial charge in [0.2, 0.25) is 0 Å². The third-order valence-corrected chi connectivity index (χ3v) is 5.14. The lowest BCUT2D eigenvalue weighted by atomic mass is 10.3. The molecule has 0 aromatic carbocycles. The number of rotatable bonds is 4. The van der Waals surface area contributed by atoms with Gasteiger partial charge in [-0.15, -0.1) is 11.3 Å². The summed E-state index contributed by atoms with van der Waals surface area (Å²) in [6, 6.07) is 4.21. The van der Waals surface area contributed by atoms with Crippen LogP contribution in [0.5, 0.6) is 0 Å². The van der Waals surface area contributed by atoms with E-state index in [1.807, 2.05) is 18.7 Å². The van der Waals surface area contributed by atoms with Gasteiger partial charge < -0.3 is 5.32 Å². The Labute approximate surface area is 121 Å². The van der Waals surface area contributed by atoms with Crippen LogP contribution in [0.4, 0.5) is 0 Å². The van der Waals surface area contributed by atoms with Crippen LogP contribution in [-0.4, -0.2) is 9.78 Å². The highest BCUT2D eigenvalue weighted by atomic mass is 79.9. The van der Waals surface area contributed by atoms with Gasteiger partial charge in [-0.25, -0.2) is 0 Å². The van der Waals surface area contributed by atoms with E-state index in [1.54, 1.807) is 11.3 Å². The lowest BCUT2D eigenvalue weighted by Crippen LogP contribution is -2.14. The van der Waals surface area contributed by atoms with E-state index in [2.05, 4.69) is 54.4 Å². The normalized spacial score (nSPS) is 11.1. The monoisotopic (exact) mass is 377 g/mol. The molecular formula is C11H13Br2N3S. The molecule has 0 unspecified atom stereocenters. The van der Waals surface area contributed by atoms with Crippen molar-refractivity contribution in [2.45, 2.75) is 20.0 Å². The average molecular weight is 379 g/mol. The lowest BCUT2D eigenvalue weighted by Gasteiger charge is -2.04. The predicted octanol–water partition coefficient (Wildman–Crippen LogP) is 3.60. The van der Waals surface area contributed by atoms with E-state index in [0.29, 0.717) is 0 Å². The van der Waals surface area contributed by atoms with Gasteiger partial charge in [-0.2, -0.15) is 5.10 Å². The summed E-state index contributed by atoms with van der Waals surface area (Å²) in [6.45, 7) is 3.70. The minimum absolute atomic E-state index is 0.813. The van der Waals surface area contributed by atoms with Crippen molar-refractivity contribution in [3.8, 4) is 0 Å². The molecule has 0 spiro atoms. The zero-order valence-electron chi connectivity index (χ0n) is 9.63. The number of thiophene rings is 1. The summed E-state index contributed by atoms with van der Waals surface area (Å²) in [5, 5.41) is 7.79. The van der Waals surface area contributed by atoms with Crippen molar-refractivity contribution in [2.24, 2.45) is 7.05 Å². The highest BCUT2D eigenvalue weighted by Crippen LogP contribution is 2.23. The molecule has 0 bridgehead atoms. The summed E-state index contributed by atoms with van der Waals surface area (Å²) in [7, 11) is 1.97. The molecule has 0 aliphatic heterocycles. The molecule has 0 aliphatic carbocycles. The molecule has 0 amide bonds. The first-order valence-corrected chi connectivity index (χ1v) is 7.61. The Kier molecular flexibility index (Phi) is 4.41. The van der Waals surface area contributed by atoms with Crippen molar-refractivity contribution >= 4 is 43.2 Å². The topological polar surface area (TPSA) is 29.9 Å². The van der Waals surface area contributed by atoms with Gasteiger partial charge in [0.1, 0.15) is 0 Å². The standard InChI is InChI=1S/C11H13Br2N3S/c1-7-11(13)9(16(2)15-7)6-14-5-8-3-4-10(12)17-8/h3-4,14H,5-6H2,1-2H3. The SMILES string of the molecule is Cc1nn(C)c(CNCc2ccc(Br)s2)c1Br. The first-order chi connectivity index (χ1) is 8.08. The molecule has 2 aromatic rings. The van der Waals surface area contributed by atoms with Gasteiger partial charge >= 0.3 is 0 Å². The van der Waals surface area contributed by atoms with Gasteiger partial charge in [0.05, 0.1) is 19.6 Å². The molecule has 92 valence electrons. The zero-order valence-corrected chi connectivity index (χ0v) is 13.6. The van der Waals surface area contributed by atoms with Gasteiger partial charge in [-0.1, -0.05) is 0 Å². The summed E-state index contributed by atoms with van der Waals surface area (Å²) < 4.78 is 4.18. The molecule has 1 N–H and O–H groups in total. The molecule has 3 nitrogen and oxygen atoms in total. The minimum atomic E-state index is 0.813. The second-order valence-electron chi connectivity index (χ2n) is 3.78. The smallest absolute Gasteiger partial charge is 0.0739 e. The largest absolute Gasteiger partial charge is 0.306 e. The maximum Gasteiger partial charge on any atom is 0.0739 e. The quantitative estimate of drug-likeness (QED) is 0.880. The first kappa shape index (κ1) is 13.3. The first-order valence-electron chi connectivity index (χ1n) is 5.21. The molecule has 6 heteroatoms. The van der Waals surface area contributed by atoms with Crippen LogP contribution in [0.2, 0.25) is 0 Å². The average Bonchev–Trinajstić information content (AvgIpc) is 2.78. The Bertz CT molecular complexity index is 519. The lowest BCUT2D eigenvalue weighted by molar-refractivity contribution is 0.626. The van der Waals surface area contributed by atoms with Crippen molar-refractivity contribution in [3.63, 3.8) is 0 Å². The van der Waals surface area contributed by atoms with Crippen molar-refractivity contribution in [1.29, 1.82) is 0 Å². The van der Waals surface area contributed by atoms with E-state index >= 15 is 0 Å². The van der Waals surface area contributed by atoms with E-state index in [1.165, 1.54) is 14.4 Å². The van der Waals surface area contributed by atoms with Crippen LogP contribution < -0.4 is 5.32 Å². The van der Waals surface area contributed by atoms with E-state index < -0.39 is 0 Å². The van der Waals surface area contributed by atoms with Crippen LogP contribution in [-0.2, 0) is 20.1 Å². The van der Waals surface area contributed by atoms with Crippen LogP contribution in [0, 0.1) is 6.92 Å². The highest BCUT2D eigenvalue weighted by Gasteiger charge is 2.09. The van der Waals surface area contributed by atoms with Gasteiger partial charge in [0.25, 0.3) is 0 Å². The summed E-state index contributed by atoms with van der Waals surface area (Å²) in [4.78, 5) is 1.33. The number of nitrogens with zero attached hydrogens (tertiary/aromatic N) is 2. The zero-order chi connectivity index (χ0) is 12.4. The third kappa shape index (κ3) is 3.19. The van der Waals surface area contributed by atoms with Crippen molar-refractivity contribution in [3.05, 3.63) is 36.7 Å². The fraction of sp³-hybridized carbons (Fsp3) is 0.364. The van der Waals surface area contributed by atoms with E-state index in [4.69, 9.17) is 0 Å². The number of nitrogens with one attached hydrogen (secondary N) is 1. The maximum absolute atomic E-state index is 4.37. The van der Waals surface area contributed by atoms with E-state index in [-0.39, 0.29) is 0 Å².